The standard InChI is InChI=1S/C13H19NO/c1-14-13(9-6-7-15-8-9)12-10-4-2-3-5-11(10)12/h6-8,10-14H,2-5H2,1H3. The SMILES string of the molecule is CNC(c1ccoc1)C1C2CCCCC21. The topological polar surface area (TPSA) is 25.2 Å². The summed E-state index contributed by atoms with van der Waals surface area (Å²) in [7, 11) is 2.07. The van der Waals surface area contributed by atoms with Gasteiger partial charge in [-0.25, -0.2) is 0 Å². The molecule has 2 aliphatic rings. The van der Waals surface area contributed by atoms with Crippen LogP contribution in [-0.4, -0.2) is 7.05 Å². The zero-order valence-electron chi connectivity index (χ0n) is 9.28. The van der Waals surface area contributed by atoms with Crippen LogP contribution in [0.25, 0.3) is 0 Å². The van der Waals surface area contributed by atoms with Crippen LogP contribution in [0.15, 0.2) is 23.0 Å². The Morgan fingerprint density at radius 3 is 2.60 bits per heavy atom. The fourth-order valence-electron chi connectivity index (χ4n) is 3.58. The maximum Gasteiger partial charge on any atom is 0.0950 e. The molecule has 0 amide bonds. The van der Waals surface area contributed by atoms with Crippen molar-refractivity contribution in [3.8, 4) is 0 Å². The van der Waals surface area contributed by atoms with Crippen LogP contribution < -0.4 is 5.32 Å². The lowest BCUT2D eigenvalue weighted by atomic mass is 10.0. The van der Waals surface area contributed by atoms with E-state index in [-0.39, 0.29) is 0 Å². The Morgan fingerprint density at radius 2 is 2.07 bits per heavy atom. The number of nitrogens with one attached hydrogen (secondary N) is 1. The molecule has 1 N–H and O–H groups in total. The molecular formula is C13H19NO. The van der Waals surface area contributed by atoms with Crippen LogP contribution >= 0.6 is 0 Å². The minimum Gasteiger partial charge on any atom is -0.472 e. The van der Waals surface area contributed by atoms with E-state index in [1.54, 1.807) is 6.26 Å². The molecule has 0 aliphatic heterocycles. The molecule has 2 aliphatic carbocycles. The lowest BCUT2D eigenvalue weighted by Crippen LogP contribution is -2.19. The Balaban J connectivity index is 1.75. The van der Waals surface area contributed by atoms with Gasteiger partial charge in [-0.1, -0.05) is 12.8 Å². The molecule has 82 valence electrons. The van der Waals surface area contributed by atoms with Gasteiger partial charge in [0.05, 0.1) is 12.5 Å². The van der Waals surface area contributed by atoms with E-state index in [4.69, 9.17) is 4.42 Å². The molecule has 1 heterocycles. The first-order chi connectivity index (χ1) is 7.42. The molecule has 0 saturated heterocycles. The van der Waals surface area contributed by atoms with Crippen LogP contribution in [0, 0.1) is 17.8 Å². The lowest BCUT2D eigenvalue weighted by molar-refractivity contribution is 0.472. The molecule has 15 heavy (non-hydrogen) atoms. The minimum absolute atomic E-state index is 0.525. The molecule has 0 radical (unpaired) electrons. The van der Waals surface area contributed by atoms with Crippen molar-refractivity contribution in [2.75, 3.05) is 7.05 Å². The van der Waals surface area contributed by atoms with Crippen molar-refractivity contribution in [3.05, 3.63) is 24.2 Å². The predicted molar refractivity (Wildman–Crippen MR) is 59.4 cm³/mol. The summed E-state index contributed by atoms with van der Waals surface area (Å²) in [6.45, 7) is 0. The fourth-order valence-corrected chi connectivity index (χ4v) is 3.58. The Morgan fingerprint density at radius 1 is 1.33 bits per heavy atom. The monoisotopic (exact) mass is 205 g/mol. The average Bonchev–Trinajstić information content (AvgIpc) is 2.74. The highest BCUT2D eigenvalue weighted by Crippen LogP contribution is 2.60. The molecule has 2 heteroatoms. The maximum atomic E-state index is 5.19. The number of hydrogen-bond acceptors (Lipinski definition) is 2. The van der Waals surface area contributed by atoms with E-state index < -0.39 is 0 Å². The molecule has 3 atom stereocenters. The van der Waals surface area contributed by atoms with Crippen LogP contribution in [0.2, 0.25) is 0 Å². The van der Waals surface area contributed by atoms with E-state index >= 15 is 0 Å². The van der Waals surface area contributed by atoms with Crippen molar-refractivity contribution < 1.29 is 4.42 Å². The van der Waals surface area contributed by atoms with Gasteiger partial charge in [0.1, 0.15) is 0 Å². The number of hydrogen-bond donors (Lipinski definition) is 1. The lowest BCUT2D eigenvalue weighted by Gasteiger charge is -2.14. The molecule has 2 saturated carbocycles. The first-order valence-corrected chi connectivity index (χ1v) is 6.11. The van der Waals surface area contributed by atoms with E-state index in [1.807, 2.05) is 6.26 Å². The second-order valence-electron chi connectivity index (χ2n) is 5.01. The highest BCUT2D eigenvalue weighted by atomic mass is 16.3. The zero-order chi connectivity index (χ0) is 10.3. The van der Waals surface area contributed by atoms with Gasteiger partial charge in [0.25, 0.3) is 0 Å². The molecule has 2 fully saturated rings. The van der Waals surface area contributed by atoms with Gasteiger partial charge in [0, 0.05) is 11.6 Å². The van der Waals surface area contributed by atoms with Gasteiger partial charge in [-0.2, -0.15) is 0 Å². The van der Waals surface area contributed by atoms with Crippen LogP contribution in [0.1, 0.15) is 37.3 Å². The molecule has 0 bridgehead atoms. The largest absolute Gasteiger partial charge is 0.472 e. The van der Waals surface area contributed by atoms with Gasteiger partial charge < -0.3 is 9.73 Å². The van der Waals surface area contributed by atoms with Crippen LogP contribution in [-0.2, 0) is 0 Å². The van der Waals surface area contributed by atoms with E-state index in [2.05, 4.69) is 18.4 Å². The summed E-state index contributed by atoms with van der Waals surface area (Å²) in [5, 5.41) is 3.46. The Kier molecular flexibility index (Phi) is 2.32. The Hall–Kier alpha value is -0.760. The summed E-state index contributed by atoms with van der Waals surface area (Å²) in [6, 6.07) is 2.63. The summed E-state index contributed by atoms with van der Waals surface area (Å²) in [4.78, 5) is 0. The number of furan rings is 1. The maximum absolute atomic E-state index is 5.19. The molecule has 2 nitrogen and oxygen atoms in total. The summed E-state index contributed by atoms with van der Waals surface area (Å²) < 4.78 is 5.19. The second-order valence-corrected chi connectivity index (χ2v) is 5.01. The first kappa shape index (κ1) is 9.46. The summed E-state index contributed by atoms with van der Waals surface area (Å²) in [6.07, 6.45) is 9.47. The first-order valence-electron chi connectivity index (χ1n) is 6.11. The van der Waals surface area contributed by atoms with Crippen molar-refractivity contribution >= 4 is 0 Å². The summed E-state index contributed by atoms with van der Waals surface area (Å²) in [5.41, 5.74) is 1.33. The van der Waals surface area contributed by atoms with Crippen molar-refractivity contribution in [3.63, 3.8) is 0 Å². The third-order valence-corrected chi connectivity index (χ3v) is 4.32. The van der Waals surface area contributed by atoms with E-state index in [0.29, 0.717) is 6.04 Å². The van der Waals surface area contributed by atoms with Crippen LogP contribution in [0.5, 0.6) is 0 Å². The third kappa shape index (κ3) is 1.51. The van der Waals surface area contributed by atoms with Crippen molar-refractivity contribution in [2.45, 2.75) is 31.7 Å². The molecule has 3 unspecified atom stereocenters. The molecule has 0 aromatic carbocycles. The Labute approximate surface area is 91.0 Å². The van der Waals surface area contributed by atoms with Gasteiger partial charge in [-0.3, -0.25) is 0 Å². The van der Waals surface area contributed by atoms with E-state index in [1.165, 1.54) is 31.2 Å². The second kappa shape index (κ2) is 3.67. The predicted octanol–water partition coefficient (Wildman–Crippen LogP) is 2.98. The highest BCUT2D eigenvalue weighted by Gasteiger charge is 2.54. The van der Waals surface area contributed by atoms with Gasteiger partial charge >= 0.3 is 0 Å². The van der Waals surface area contributed by atoms with Gasteiger partial charge in [-0.05, 0) is 43.7 Å². The zero-order valence-corrected chi connectivity index (χ0v) is 9.28. The number of fused-ring (bicyclic) bond motifs is 1. The van der Waals surface area contributed by atoms with Crippen molar-refractivity contribution in [1.82, 2.24) is 5.32 Å². The molecule has 3 rings (SSSR count). The van der Waals surface area contributed by atoms with Gasteiger partial charge in [0.15, 0.2) is 0 Å². The highest BCUT2D eigenvalue weighted by molar-refractivity contribution is 5.18. The molecular weight excluding hydrogens is 186 g/mol. The number of rotatable bonds is 3. The molecule has 1 aromatic rings. The van der Waals surface area contributed by atoms with Crippen molar-refractivity contribution in [2.24, 2.45) is 17.8 Å². The van der Waals surface area contributed by atoms with Crippen molar-refractivity contribution in [1.29, 1.82) is 0 Å². The smallest absolute Gasteiger partial charge is 0.0950 e. The molecule has 0 spiro atoms. The Bertz CT molecular complexity index is 307. The third-order valence-electron chi connectivity index (χ3n) is 4.32. The average molecular weight is 205 g/mol. The van der Waals surface area contributed by atoms with E-state index in [0.717, 1.165) is 17.8 Å². The molecule has 1 aromatic heterocycles. The summed E-state index contributed by atoms with van der Waals surface area (Å²) >= 11 is 0. The van der Waals surface area contributed by atoms with Crippen LogP contribution in [0.4, 0.5) is 0 Å². The fraction of sp³-hybridized carbons (Fsp3) is 0.692. The quantitative estimate of drug-likeness (QED) is 0.820. The van der Waals surface area contributed by atoms with Gasteiger partial charge in [-0.15, -0.1) is 0 Å². The van der Waals surface area contributed by atoms with E-state index in [9.17, 15) is 0 Å². The normalized spacial score (nSPS) is 35.9. The summed E-state index contributed by atoms with van der Waals surface area (Å²) in [5.74, 6) is 2.85. The van der Waals surface area contributed by atoms with Crippen LogP contribution in [0.3, 0.4) is 0 Å². The minimum atomic E-state index is 0.525. The van der Waals surface area contributed by atoms with Gasteiger partial charge in [0.2, 0.25) is 0 Å².